The van der Waals surface area contributed by atoms with Crippen LogP contribution in [-0.2, 0) is 5.60 Å². The zero-order valence-electron chi connectivity index (χ0n) is 6.72. The van der Waals surface area contributed by atoms with Crippen molar-refractivity contribution in [3.63, 3.8) is 0 Å². The molecule has 2 N–H and O–H groups in total. The van der Waals surface area contributed by atoms with Gasteiger partial charge in [-0.15, -0.1) is 0 Å². The van der Waals surface area contributed by atoms with Crippen LogP contribution in [0.4, 0.5) is 0 Å². The second-order valence-corrected chi connectivity index (χ2v) is 3.90. The number of nitrogens with one attached hydrogen (secondary N) is 1. The molecular weight excluding hydrogens is 211 g/mol. The van der Waals surface area contributed by atoms with Crippen molar-refractivity contribution in [2.24, 2.45) is 0 Å². The van der Waals surface area contributed by atoms with Crippen molar-refractivity contribution in [2.45, 2.75) is 5.60 Å². The van der Waals surface area contributed by atoms with E-state index in [2.05, 4.69) is 10.3 Å². The molecule has 0 amide bonds. The molecule has 1 aliphatic rings. The lowest BCUT2D eigenvalue weighted by Crippen LogP contribution is -2.56. The van der Waals surface area contributed by atoms with Crippen molar-refractivity contribution in [2.75, 3.05) is 13.1 Å². The Morgan fingerprint density at radius 3 is 2.62 bits per heavy atom. The number of β-amino-alcohol motifs (C(OH)–C–C–N with tert-alkyl or cyclic N) is 1. The number of aliphatic hydroxyl groups is 1. The summed E-state index contributed by atoms with van der Waals surface area (Å²) in [6.07, 6.45) is 1.55. The van der Waals surface area contributed by atoms with Gasteiger partial charge in [0, 0.05) is 24.8 Å². The fourth-order valence-corrected chi connectivity index (χ4v) is 1.51. The molecule has 2 rings (SSSR count). The van der Waals surface area contributed by atoms with E-state index >= 15 is 0 Å². The number of rotatable bonds is 1. The number of halogens is 2. The van der Waals surface area contributed by atoms with E-state index in [4.69, 9.17) is 23.2 Å². The standard InChI is InChI=1S/C8H8Cl2N2O/c9-6-1-5(2-12-7(6)10)8(13)3-11-4-8/h1-2,11,13H,3-4H2. The Morgan fingerprint density at radius 1 is 1.46 bits per heavy atom. The van der Waals surface area contributed by atoms with Gasteiger partial charge in [0.15, 0.2) is 0 Å². The lowest BCUT2D eigenvalue weighted by atomic mass is 9.90. The summed E-state index contributed by atoms with van der Waals surface area (Å²) in [5, 5.41) is 13.5. The molecule has 1 fully saturated rings. The normalized spacial score (nSPS) is 19.6. The molecule has 0 aromatic carbocycles. The monoisotopic (exact) mass is 218 g/mol. The molecule has 0 atom stereocenters. The van der Waals surface area contributed by atoms with Gasteiger partial charge in [-0.2, -0.15) is 0 Å². The highest BCUT2D eigenvalue weighted by atomic mass is 35.5. The minimum Gasteiger partial charge on any atom is -0.382 e. The van der Waals surface area contributed by atoms with E-state index in [-0.39, 0.29) is 5.15 Å². The Labute approximate surface area is 85.7 Å². The second kappa shape index (κ2) is 3.10. The van der Waals surface area contributed by atoms with Gasteiger partial charge in [-0.25, -0.2) is 4.98 Å². The highest BCUT2D eigenvalue weighted by molar-refractivity contribution is 6.41. The molecule has 0 bridgehead atoms. The van der Waals surface area contributed by atoms with E-state index in [1.54, 1.807) is 12.3 Å². The lowest BCUT2D eigenvalue weighted by Gasteiger charge is -2.37. The van der Waals surface area contributed by atoms with Gasteiger partial charge in [0.2, 0.25) is 0 Å². The smallest absolute Gasteiger partial charge is 0.147 e. The Morgan fingerprint density at radius 2 is 2.15 bits per heavy atom. The molecule has 1 saturated heterocycles. The van der Waals surface area contributed by atoms with Gasteiger partial charge in [0.05, 0.1) is 5.02 Å². The van der Waals surface area contributed by atoms with Crippen LogP contribution in [-0.4, -0.2) is 23.2 Å². The maximum absolute atomic E-state index is 9.89. The SMILES string of the molecule is OC1(c2cnc(Cl)c(Cl)c2)CNC1. The van der Waals surface area contributed by atoms with Crippen molar-refractivity contribution in [1.82, 2.24) is 10.3 Å². The van der Waals surface area contributed by atoms with E-state index in [0.717, 1.165) is 0 Å². The van der Waals surface area contributed by atoms with Crippen LogP contribution in [0, 0.1) is 0 Å². The van der Waals surface area contributed by atoms with Crippen molar-refractivity contribution in [3.8, 4) is 0 Å². The number of aromatic nitrogens is 1. The average molecular weight is 219 g/mol. The minimum atomic E-state index is -0.818. The Balaban J connectivity index is 2.36. The van der Waals surface area contributed by atoms with Gasteiger partial charge in [-0.1, -0.05) is 23.2 Å². The Bertz CT molecular complexity index is 339. The highest BCUT2D eigenvalue weighted by Gasteiger charge is 2.36. The van der Waals surface area contributed by atoms with Gasteiger partial charge in [-0.05, 0) is 6.07 Å². The van der Waals surface area contributed by atoms with Crippen LogP contribution in [0.5, 0.6) is 0 Å². The molecule has 5 heteroatoms. The van der Waals surface area contributed by atoms with Crippen LogP contribution in [0.15, 0.2) is 12.3 Å². The number of hydrogen-bond acceptors (Lipinski definition) is 3. The van der Waals surface area contributed by atoms with Crippen molar-refractivity contribution < 1.29 is 5.11 Å². The maximum atomic E-state index is 9.89. The van der Waals surface area contributed by atoms with Gasteiger partial charge in [0.1, 0.15) is 10.8 Å². The number of hydrogen-bond donors (Lipinski definition) is 2. The summed E-state index contributed by atoms with van der Waals surface area (Å²) < 4.78 is 0. The highest BCUT2D eigenvalue weighted by Crippen LogP contribution is 2.29. The van der Waals surface area contributed by atoms with E-state index in [1.807, 2.05) is 0 Å². The van der Waals surface area contributed by atoms with Crippen LogP contribution in [0.25, 0.3) is 0 Å². The molecule has 1 aromatic heterocycles. The maximum Gasteiger partial charge on any atom is 0.147 e. The molecule has 1 aliphatic heterocycles. The fourth-order valence-electron chi connectivity index (χ4n) is 1.24. The average Bonchev–Trinajstić information content (AvgIpc) is 2.06. The van der Waals surface area contributed by atoms with Gasteiger partial charge >= 0.3 is 0 Å². The lowest BCUT2D eigenvalue weighted by molar-refractivity contribution is -0.0149. The Hall–Kier alpha value is -0.350. The number of pyridine rings is 1. The van der Waals surface area contributed by atoms with Crippen LogP contribution in [0.2, 0.25) is 10.2 Å². The second-order valence-electron chi connectivity index (χ2n) is 3.13. The Kier molecular flexibility index (Phi) is 2.20. The van der Waals surface area contributed by atoms with E-state index in [0.29, 0.717) is 23.7 Å². The first-order valence-corrected chi connectivity index (χ1v) is 4.62. The zero-order valence-corrected chi connectivity index (χ0v) is 8.23. The van der Waals surface area contributed by atoms with Crippen molar-refractivity contribution in [1.29, 1.82) is 0 Å². The van der Waals surface area contributed by atoms with E-state index in [9.17, 15) is 5.11 Å². The van der Waals surface area contributed by atoms with E-state index < -0.39 is 5.60 Å². The molecular formula is C8H8Cl2N2O. The first kappa shape index (κ1) is 9.21. The van der Waals surface area contributed by atoms with Crippen LogP contribution < -0.4 is 5.32 Å². The van der Waals surface area contributed by atoms with Gasteiger partial charge in [0.25, 0.3) is 0 Å². The van der Waals surface area contributed by atoms with Gasteiger partial charge in [-0.3, -0.25) is 0 Å². The molecule has 0 radical (unpaired) electrons. The summed E-state index contributed by atoms with van der Waals surface area (Å²) in [5.41, 5.74) is -0.109. The van der Waals surface area contributed by atoms with Crippen LogP contribution >= 0.6 is 23.2 Å². The third-order valence-corrected chi connectivity index (χ3v) is 2.85. The molecule has 1 aromatic rings. The van der Waals surface area contributed by atoms with Crippen LogP contribution in [0.3, 0.4) is 0 Å². The molecule has 0 unspecified atom stereocenters. The molecule has 13 heavy (non-hydrogen) atoms. The largest absolute Gasteiger partial charge is 0.382 e. The van der Waals surface area contributed by atoms with Crippen LogP contribution in [0.1, 0.15) is 5.56 Å². The molecule has 3 nitrogen and oxygen atoms in total. The summed E-state index contributed by atoms with van der Waals surface area (Å²) in [6.45, 7) is 1.07. The van der Waals surface area contributed by atoms with Gasteiger partial charge < -0.3 is 10.4 Å². The molecule has 0 spiro atoms. The summed E-state index contributed by atoms with van der Waals surface area (Å²) in [4.78, 5) is 3.87. The third-order valence-electron chi connectivity index (χ3n) is 2.17. The predicted octanol–water partition coefficient (Wildman–Crippen LogP) is 1.18. The summed E-state index contributed by atoms with van der Waals surface area (Å²) >= 11 is 11.4. The predicted molar refractivity (Wildman–Crippen MR) is 51.0 cm³/mol. The number of nitrogens with zero attached hydrogens (tertiary/aromatic N) is 1. The minimum absolute atomic E-state index is 0.265. The van der Waals surface area contributed by atoms with Crippen molar-refractivity contribution >= 4 is 23.2 Å². The fraction of sp³-hybridized carbons (Fsp3) is 0.375. The first-order chi connectivity index (χ1) is 6.12. The molecule has 0 aliphatic carbocycles. The van der Waals surface area contributed by atoms with Crippen molar-refractivity contribution in [3.05, 3.63) is 28.0 Å². The third kappa shape index (κ3) is 1.53. The summed E-state index contributed by atoms with van der Waals surface area (Å²) in [7, 11) is 0. The molecule has 70 valence electrons. The molecule has 0 saturated carbocycles. The topological polar surface area (TPSA) is 45.2 Å². The summed E-state index contributed by atoms with van der Waals surface area (Å²) in [5.74, 6) is 0. The first-order valence-electron chi connectivity index (χ1n) is 3.86. The van der Waals surface area contributed by atoms with E-state index in [1.165, 1.54) is 0 Å². The quantitative estimate of drug-likeness (QED) is 0.697. The molecule has 2 heterocycles. The zero-order chi connectivity index (χ0) is 9.47. The summed E-state index contributed by atoms with van der Waals surface area (Å²) in [6, 6.07) is 1.65.